The van der Waals surface area contributed by atoms with Gasteiger partial charge in [0, 0.05) is 24.0 Å². The van der Waals surface area contributed by atoms with Gasteiger partial charge in [0.05, 0.1) is 6.61 Å². The molecule has 88 valence electrons. The Hall–Kier alpha value is -2.10. The molecule has 1 aromatic carbocycles. The van der Waals surface area contributed by atoms with Crippen LogP contribution in [-0.4, -0.2) is 16.6 Å². The second-order valence-electron chi connectivity index (χ2n) is 3.78. The fraction of sp³-hybridized carbons (Fsp3) is 0.231. The fourth-order valence-electron chi connectivity index (χ4n) is 1.45. The Morgan fingerprint density at radius 2 is 1.94 bits per heavy atom. The van der Waals surface area contributed by atoms with Crippen LogP contribution in [0.5, 0.6) is 5.75 Å². The summed E-state index contributed by atoms with van der Waals surface area (Å²) in [5.41, 5.74) is 7.30. The number of nitrogens with zero attached hydrogens (tertiary/aromatic N) is 2. The van der Waals surface area contributed by atoms with Gasteiger partial charge in [0.15, 0.2) is 0 Å². The first-order valence-corrected chi connectivity index (χ1v) is 5.51. The van der Waals surface area contributed by atoms with E-state index in [9.17, 15) is 0 Å². The molecule has 0 unspecified atom stereocenters. The zero-order chi connectivity index (χ0) is 12.1. The number of aryl methyl sites for hydroxylation is 1. The van der Waals surface area contributed by atoms with Crippen LogP contribution >= 0.6 is 0 Å². The first-order chi connectivity index (χ1) is 8.24. The summed E-state index contributed by atoms with van der Waals surface area (Å²) < 4.78 is 5.57. The Morgan fingerprint density at radius 1 is 1.18 bits per heavy atom. The van der Waals surface area contributed by atoms with Gasteiger partial charge in [-0.05, 0) is 37.3 Å². The average Bonchev–Trinajstić information content (AvgIpc) is 2.32. The lowest BCUT2D eigenvalue weighted by Crippen LogP contribution is -2.05. The number of nitrogens with two attached hydrogens (primary N) is 1. The Bertz CT molecular complexity index is 482. The van der Waals surface area contributed by atoms with Crippen LogP contribution in [0, 0.1) is 6.92 Å². The van der Waals surface area contributed by atoms with Gasteiger partial charge in [0.1, 0.15) is 11.6 Å². The van der Waals surface area contributed by atoms with Gasteiger partial charge in [-0.3, -0.25) is 0 Å². The predicted molar refractivity (Wildman–Crippen MR) is 66.8 cm³/mol. The summed E-state index contributed by atoms with van der Waals surface area (Å²) >= 11 is 0. The number of hydrogen-bond acceptors (Lipinski definition) is 4. The average molecular weight is 229 g/mol. The third-order valence-corrected chi connectivity index (χ3v) is 2.32. The lowest BCUT2D eigenvalue weighted by molar-refractivity contribution is 0.319. The third kappa shape index (κ3) is 3.45. The van der Waals surface area contributed by atoms with Crippen LogP contribution < -0.4 is 10.5 Å². The van der Waals surface area contributed by atoms with E-state index in [1.807, 2.05) is 37.3 Å². The topological polar surface area (TPSA) is 61.0 Å². The van der Waals surface area contributed by atoms with Crippen molar-refractivity contribution in [3.8, 4) is 5.75 Å². The zero-order valence-electron chi connectivity index (χ0n) is 9.76. The molecule has 2 rings (SSSR count). The Morgan fingerprint density at radius 3 is 2.65 bits per heavy atom. The highest BCUT2D eigenvalue weighted by Crippen LogP contribution is 2.13. The van der Waals surface area contributed by atoms with Crippen molar-refractivity contribution in [2.45, 2.75) is 13.3 Å². The standard InChI is InChI=1S/C13H15N3O/c1-10-6-8-15-13(16-10)7-9-17-12-4-2-11(14)3-5-12/h2-6,8H,7,9,14H2,1H3. The molecular weight excluding hydrogens is 214 g/mol. The van der Waals surface area contributed by atoms with E-state index in [1.54, 1.807) is 6.20 Å². The lowest BCUT2D eigenvalue weighted by atomic mass is 10.3. The molecule has 1 aromatic heterocycles. The molecule has 0 spiro atoms. The lowest BCUT2D eigenvalue weighted by Gasteiger charge is -2.05. The van der Waals surface area contributed by atoms with Crippen molar-refractivity contribution in [1.82, 2.24) is 9.97 Å². The van der Waals surface area contributed by atoms with Gasteiger partial charge in [-0.15, -0.1) is 0 Å². The van der Waals surface area contributed by atoms with Crippen molar-refractivity contribution in [2.75, 3.05) is 12.3 Å². The molecule has 2 aromatic rings. The molecule has 0 aliphatic heterocycles. The van der Waals surface area contributed by atoms with E-state index in [-0.39, 0.29) is 0 Å². The second kappa shape index (κ2) is 5.30. The van der Waals surface area contributed by atoms with Crippen LogP contribution in [0.15, 0.2) is 36.5 Å². The van der Waals surface area contributed by atoms with Gasteiger partial charge < -0.3 is 10.5 Å². The van der Waals surface area contributed by atoms with Crippen LogP contribution in [0.4, 0.5) is 5.69 Å². The van der Waals surface area contributed by atoms with Gasteiger partial charge in [-0.1, -0.05) is 0 Å². The zero-order valence-corrected chi connectivity index (χ0v) is 9.76. The van der Waals surface area contributed by atoms with Crippen LogP contribution in [-0.2, 0) is 6.42 Å². The smallest absolute Gasteiger partial charge is 0.131 e. The number of nitrogen functional groups attached to an aromatic ring is 1. The van der Waals surface area contributed by atoms with E-state index in [1.165, 1.54) is 0 Å². The van der Waals surface area contributed by atoms with Crippen molar-refractivity contribution in [3.63, 3.8) is 0 Å². The number of hydrogen-bond donors (Lipinski definition) is 1. The van der Waals surface area contributed by atoms with Crippen molar-refractivity contribution in [2.24, 2.45) is 0 Å². The Labute approximate surface area is 100 Å². The summed E-state index contributed by atoms with van der Waals surface area (Å²) in [7, 11) is 0. The van der Waals surface area contributed by atoms with Crippen LogP contribution in [0.25, 0.3) is 0 Å². The third-order valence-electron chi connectivity index (χ3n) is 2.32. The Balaban J connectivity index is 1.85. The molecule has 0 aliphatic rings. The Kier molecular flexibility index (Phi) is 3.55. The largest absolute Gasteiger partial charge is 0.493 e. The van der Waals surface area contributed by atoms with Crippen LogP contribution in [0.1, 0.15) is 11.5 Å². The summed E-state index contributed by atoms with van der Waals surface area (Å²) in [5.74, 6) is 1.62. The fourth-order valence-corrected chi connectivity index (χ4v) is 1.45. The van der Waals surface area contributed by atoms with Crippen molar-refractivity contribution >= 4 is 5.69 Å². The van der Waals surface area contributed by atoms with Crippen molar-refractivity contribution in [1.29, 1.82) is 0 Å². The number of ether oxygens (including phenoxy) is 1. The van der Waals surface area contributed by atoms with Gasteiger partial charge in [0.25, 0.3) is 0 Å². The maximum Gasteiger partial charge on any atom is 0.131 e. The number of aromatic nitrogens is 2. The highest BCUT2D eigenvalue weighted by Gasteiger charge is 1.98. The molecule has 0 bridgehead atoms. The minimum Gasteiger partial charge on any atom is -0.493 e. The van der Waals surface area contributed by atoms with E-state index < -0.39 is 0 Å². The van der Waals surface area contributed by atoms with Gasteiger partial charge in [-0.2, -0.15) is 0 Å². The molecule has 0 fully saturated rings. The van der Waals surface area contributed by atoms with E-state index in [4.69, 9.17) is 10.5 Å². The van der Waals surface area contributed by atoms with Crippen LogP contribution in [0.2, 0.25) is 0 Å². The maximum atomic E-state index is 5.59. The molecule has 2 N–H and O–H groups in total. The van der Waals surface area contributed by atoms with Gasteiger partial charge >= 0.3 is 0 Å². The molecule has 0 amide bonds. The molecule has 0 saturated carbocycles. The quantitative estimate of drug-likeness (QED) is 0.814. The molecular formula is C13H15N3O. The maximum absolute atomic E-state index is 5.59. The van der Waals surface area contributed by atoms with E-state index in [0.717, 1.165) is 23.0 Å². The molecule has 0 saturated heterocycles. The van der Waals surface area contributed by atoms with Crippen molar-refractivity contribution < 1.29 is 4.74 Å². The van der Waals surface area contributed by atoms with Crippen molar-refractivity contribution in [3.05, 3.63) is 48.0 Å². The SMILES string of the molecule is Cc1ccnc(CCOc2ccc(N)cc2)n1. The summed E-state index contributed by atoms with van der Waals surface area (Å²) in [5, 5.41) is 0. The van der Waals surface area contributed by atoms with Gasteiger partial charge in [-0.25, -0.2) is 9.97 Å². The number of rotatable bonds is 4. The second-order valence-corrected chi connectivity index (χ2v) is 3.78. The van der Waals surface area contributed by atoms with Crippen LogP contribution in [0.3, 0.4) is 0 Å². The molecule has 0 radical (unpaired) electrons. The highest BCUT2D eigenvalue weighted by molar-refractivity contribution is 5.41. The normalized spacial score (nSPS) is 10.2. The molecule has 0 aliphatic carbocycles. The summed E-state index contributed by atoms with van der Waals surface area (Å²) in [6.45, 7) is 2.51. The summed E-state index contributed by atoms with van der Waals surface area (Å²) in [6, 6.07) is 9.22. The first kappa shape index (κ1) is 11.4. The predicted octanol–water partition coefficient (Wildman–Crippen LogP) is 1.99. The monoisotopic (exact) mass is 229 g/mol. The minimum absolute atomic E-state index is 0.563. The molecule has 4 nitrogen and oxygen atoms in total. The molecule has 4 heteroatoms. The molecule has 17 heavy (non-hydrogen) atoms. The minimum atomic E-state index is 0.563. The van der Waals surface area contributed by atoms with E-state index in [2.05, 4.69) is 9.97 Å². The highest BCUT2D eigenvalue weighted by atomic mass is 16.5. The van der Waals surface area contributed by atoms with E-state index in [0.29, 0.717) is 13.0 Å². The van der Waals surface area contributed by atoms with E-state index >= 15 is 0 Å². The van der Waals surface area contributed by atoms with Gasteiger partial charge in [0.2, 0.25) is 0 Å². The molecule has 0 atom stereocenters. The number of benzene rings is 1. The molecule has 1 heterocycles. The number of anilines is 1. The first-order valence-electron chi connectivity index (χ1n) is 5.51. The summed E-state index contributed by atoms with van der Waals surface area (Å²) in [6.07, 6.45) is 2.47. The summed E-state index contributed by atoms with van der Waals surface area (Å²) in [4.78, 5) is 8.48.